The number of hydrogen-bond acceptors (Lipinski definition) is 7. The number of nitrogens with one attached hydrogen (secondary N) is 1. The van der Waals surface area contributed by atoms with Crippen LogP contribution in [0.25, 0.3) is 10.4 Å². The largest absolute Gasteiger partial charge is 0.429 e. The lowest BCUT2D eigenvalue weighted by Gasteiger charge is -2.31. The minimum absolute atomic E-state index is 0.176. The molecule has 1 aromatic carbocycles. The lowest BCUT2D eigenvalue weighted by molar-refractivity contribution is -0.0605. The van der Waals surface area contributed by atoms with Gasteiger partial charge in [-0.3, -0.25) is 9.89 Å². The molecule has 0 saturated carbocycles. The third-order valence-corrected chi connectivity index (χ3v) is 7.73. The molecule has 0 radical (unpaired) electrons. The standard InChI is InChI=1S/C22H27F3N4O2S2/c1-28-10-12-29(13-11-28)9-8-27-18(15-21(26)22(23,24)25)20-7-6-19(32-20)16-4-3-5-17(14-16)33(2,30)31/h3-7,14,26H,8-13,15H2,1-2H3. The summed E-state index contributed by atoms with van der Waals surface area (Å²) >= 11 is 1.24. The van der Waals surface area contributed by atoms with Gasteiger partial charge in [0, 0.05) is 55.2 Å². The van der Waals surface area contributed by atoms with Crippen molar-refractivity contribution in [3.8, 4) is 10.4 Å². The molecule has 2 heterocycles. The molecule has 6 nitrogen and oxygen atoms in total. The van der Waals surface area contributed by atoms with Crippen LogP contribution in [0.1, 0.15) is 11.3 Å². The summed E-state index contributed by atoms with van der Waals surface area (Å²) in [7, 11) is -1.33. The van der Waals surface area contributed by atoms with Gasteiger partial charge in [-0.15, -0.1) is 11.3 Å². The van der Waals surface area contributed by atoms with E-state index in [1.165, 1.54) is 17.4 Å². The molecule has 3 rings (SSSR count). The van der Waals surface area contributed by atoms with E-state index < -0.39 is 28.1 Å². The van der Waals surface area contributed by atoms with Crippen LogP contribution < -0.4 is 0 Å². The molecule has 2 aromatic rings. The summed E-state index contributed by atoms with van der Waals surface area (Å²) in [6.45, 7) is 4.65. The molecule has 11 heteroatoms. The first-order valence-electron chi connectivity index (χ1n) is 10.4. The van der Waals surface area contributed by atoms with Crippen molar-refractivity contribution in [1.82, 2.24) is 9.80 Å². The van der Waals surface area contributed by atoms with Gasteiger partial charge in [-0.25, -0.2) is 8.42 Å². The molecule has 0 atom stereocenters. The molecule has 180 valence electrons. The minimum atomic E-state index is -4.71. The van der Waals surface area contributed by atoms with Crippen molar-refractivity contribution >= 4 is 32.6 Å². The molecule has 1 fully saturated rings. The van der Waals surface area contributed by atoms with Crippen LogP contribution in [0.3, 0.4) is 0 Å². The van der Waals surface area contributed by atoms with Crippen LogP contribution in [0.15, 0.2) is 46.3 Å². The van der Waals surface area contributed by atoms with E-state index in [9.17, 15) is 21.6 Å². The number of benzene rings is 1. The summed E-state index contributed by atoms with van der Waals surface area (Å²) in [5.74, 6) is 0. The monoisotopic (exact) mass is 500 g/mol. The number of thiophene rings is 1. The number of alkyl halides is 3. The Morgan fingerprint density at radius 1 is 1.15 bits per heavy atom. The quantitative estimate of drug-likeness (QED) is 0.559. The highest BCUT2D eigenvalue weighted by Crippen LogP contribution is 2.31. The molecular weight excluding hydrogens is 473 g/mol. The maximum absolute atomic E-state index is 13.1. The topological polar surface area (TPSA) is 76.8 Å². The van der Waals surface area contributed by atoms with Crippen LogP contribution in [0.4, 0.5) is 13.2 Å². The van der Waals surface area contributed by atoms with Gasteiger partial charge in [0.2, 0.25) is 0 Å². The van der Waals surface area contributed by atoms with E-state index in [1.54, 1.807) is 30.3 Å². The van der Waals surface area contributed by atoms with Crippen LogP contribution in [0.5, 0.6) is 0 Å². The van der Waals surface area contributed by atoms with Gasteiger partial charge < -0.3 is 10.3 Å². The van der Waals surface area contributed by atoms with Gasteiger partial charge in [0.25, 0.3) is 0 Å². The van der Waals surface area contributed by atoms with Gasteiger partial charge in [-0.05, 0) is 36.9 Å². The Bertz CT molecular complexity index is 1120. The zero-order chi connectivity index (χ0) is 24.2. The molecule has 1 saturated heterocycles. The number of sulfone groups is 1. The van der Waals surface area contributed by atoms with Gasteiger partial charge >= 0.3 is 6.18 Å². The number of nitrogens with zero attached hydrogens (tertiary/aromatic N) is 3. The van der Waals surface area contributed by atoms with Crippen LogP contribution in [-0.2, 0) is 9.84 Å². The van der Waals surface area contributed by atoms with Gasteiger partial charge in [0.05, 0.1) is 17.2 Å². The second kappa shape index (κ2) is 10.5. The number of likely N-dealkylation sites (N-methyl/N-ethyl adjacent to an activating group) is 1. The molecule has 0 aliphatic carbocycles. The Balaban J connectivity index is 1.82. The van der Waals surface area contributed by atoms with Crippen LogP contribution in [0.2, 0.25) is 0 Å². The first-order chi connectivity index (χ1) is 15.4. The Hall–Kier alpha value is -2.08. The van der Waals surface area contributed by atoms with E-state index in [4.69, 9.17) is 5.41 Å². The Morgan fingerprint density at radius 2 is 1.85 bits per heavy atom. The van der Waals surface area contributed by atoms with Crippen LogP contribution >= 0.6 is 11.3 Å². The van der Waals surface area contributed by atoms with Crippen molar-refractivity contribution in [2.24, 2.45) is 4.99 Å². The molecule has 1 aliphatic heterocycles. The fraction of sp³-hybridized carbons (Fsp3) is 0.455. The van der Waals surface area contributed by atoms with Crippen molar-refractivity contribution in [3.05, 3.63) is 41.3 Å². The van der Waals surface area contributed by atoms with Crippen LogP contribution in [0, 0.1) is 5.41 Å². The van der Waals surface area contributed by atoms with Crippen molar-refractivity contribution in [1.29, 1.82) is 5.41 Å². The summed E-state index contributed by atoms with van der Waals surface area (Å²) in [5, 5.41) is 7.46. The third kappa shape index (κ3) is 7.20. The number of aliphatic imine (C=N–C) groups is 1. The van der Waals surface area contributed by atoms with E-state index >= 15 is 0 Å². The first kappa shape index (κ1) is 25.5. The smallest absolute Gasteiger partial charge is 0.304 e. The van der Waals surface area contributed by atoms with Gasteiger partial charge in [0.1, 0.15) is 5.71 Å². The van der Waals surface area contributed by atoms with Crippen LogP contribution in [-0.4, -0.2) is 88.4 Å². The minimum Gasteiger partial charge on any atom is -0.304 e. The lowest BCUT2D eigenvalue weighted by Crippen LogP contribution is -2.45. The normalized spacial score (nSPS) is 16.8. The number of piperazine rings is 1. The zero-order valence-electron chi connectivity index (χ0n) is 18.5. The maximum atomic E-state index is 13.1. The summed E-state index contributed by atoms with van der Waals surface area (Å²) in [4.78, 5) is 10.4. The highest BCUT2D eigenvalue weighted by molar-refractivity contribution is 7.90. The highest BCUT2D eigenvalue weighted by atomic mass is 32.2. The fourth-order valence-electron chi connectivity index (χ4n) is 3.41. The Morgan fingerprint density at radius 3 is 2.48 bits per heavy atom. The number of hydrogen-bond donors (Lipinski definition) is 1. The molecule has 0 bridgehead atoms. The van der Waals surface area contributed by atoms with E-state index in [0.717, 1.165) is 37.3 Å². The summed E-state index contributed by atoms with van der Waals surface area (Å²) in [5.41, 5.74) is -0.450. The Labute approximate surface area is 196 Å². The molecule has 1 N–H and O–H groups in total. The fourth-order valence-corrected chi connectivity index (χ4v) is 5.09. The second-order valence-corrected chi connectivity index (χ2v) is 11.2. The molecule has 1 aliphatic rings. The first-order valence-corrected chi connectivity index (χ1v) is 13.1. The SMILES string of the molecule is CN1CCN(CCN=C(CC(=N)C(F)(F)F)c2ccc(-c3cccc(S(C)(=O)=O)c3)s2)CC1. The maximum Gasteiger partial charge on any atom is 0.429 e. The van der Waals surface area contributed by atoms with E-state index in [0.29, 0.717) is 23.5 Å². The van der Waals surface area contributed by atoms with E-state index in [1.807, 2.05) is 0 Å². The van der Waals surface area contributed by atoms with Crippen molar-refractivity contribution in [3.63, 3.8) is 0 Å². The van der Waals surface area contributed by atoms with Crippen molar-refractivity contribution in [2.75, 3.05) is 52.6 Å². The lowest BCUT2D eigenvalue weighted by atomic mass is 10.1. The van der Waals surface area contributed by atoms with E-state index in [2.05, 4.69) is 21.8 Å². The number of rotatable bonds is 8. The average Bonchev–Trinajstić information content (AvgIpc) is 3.23. The molecule has 33 heavy (non-hydrogen) atoms. The predicted molar refractivity (Wildman–Crippen MR) is 127 cm³/mol. The molecule has 0 unspecified atom stereocenters. The number of halogens is 3. The summed E-state index contributed by atoms with van der Waals surface area (Å²) < 4.78 is 62.9. The van der Waals surface area contributed by atoms with Gasteiger partial charge in [-0.2, -0.15) is 13.2 Å². The highest BCUT2D eigenvalue weighted by Gasteiger charge is 2.35. The third-order valence-electron chi connectivity index (χ3n) is 5.44. The predicted octanol–water partition coefficient (Wildman–Crippen LogP) is 3.83. The van der Waals surface area contributed by atoms with Gasteiger partial charge in [0.15, 0.2) is 9.84 Å². The molecule has 1 aromatic heterocycles. The van der Waals surface area contributed by atoms with Crippen molar-refractivity contribution in [2.45, 2.75) is 17.5 Å². The molecule has 0 spiro atoms. The molecule has 0 amide bonds. The summed E-state index contributed by atoms with van der Waals surface area (Å²) in [6.07, 6.45) is -4.18. The van der Waals surface area contributed by atoms with Crippen molar-refractivity contribution < 1.29 is 21.6 Å². The zero-order valence-corrected chi connectivity index (χ0v) is 20.2. The van der Waals surface area contributed by atoms with Gasteiger partial charge in [-0.1, -0.05) is 12.1 Å². The Kier molecular flexibility index (Phi) is 8.09. The average molecular weight is 501 g/mol. The molecular formula is C22H27F3N4O2S2. The van der Waals surface area contributed by atoms with E-state index in [-0.39, 0.29) is 10.6 Å². The second-order valence-electron chi connectivity index (χ2n) is 8.09. The summed E-state index contributed by atoms with van der Waals surface area (Å²) in [6, 6.07) is 9.87.